The van der Waals surface area contributed by atoms with E-state index in [1.54, 1.807) is 4.90 Å². The highest BCUT2D eigenvalue weighted by Gasteiger charge is 2.29. The van der Waals surface area contributed by atoms with Gasteiger partial charge in [0, 0.05) is 12.6 Å². The molecule has 0 bridgehead atoms. The van der Waals surface area contributed by atoms with Crippen molar-refractivity contribution < 1.29 is 14.3 Å². The number of ether oxygens (including phenoxy) is 2. The summed E-state index contributed by atoms with van der Waals surface area (Å²) in [6, 6.07) is -0.0785. The first-order valence-corrected chi connectivity index (χ1v) is 5.65. The van der Waals surface area contributed by atoms with Crippen molar-refractivity contribution in [1.29, 1.82) is 0 Å². The maximum absolute atomic E-state index is 11.8. The molecule has 1 aliphatic rings. The molecule has 1 saturated heterocycles. The van der Waals surface area contributed by atoms with Crippen molar-refractivity contribution in [2.45, 2.75) is 45.4 Å². The molecule has 1 heterocycles. The van der Waals surface area contributed by atoms with Gasteiger partial charge in [-0.15, -0.1) is 0 Å². The zero-order chi connectivity index (χ0) is 12.3. The van der Waals surface area contributed by atoms with E-state index in [0.29, 0.717) is 19.7 Å². The molecule has 0 saturated carbocycles. The first-order chi connectivity index (χ1) is 7.29. The Morgan fingerprint density at radius 2 is 2.19 bits per heavy atom. The summed E-state index contributed by atoms with van der Waals surface area (Å²) in [5.74, 6) is 0. The fraction of sp³-hybridized carbons (Fsp3) is 0.909. The molecule has 16 heavy (non-hydrogen) atoms. The molecule has 2 atom stereocenters. The molecule has 0 spiro atoms. The topological polar surface area (TPSA) is 64.8 Å². The SMILES string of the molecule is C[C@@H](N)C1CN(C(=O)OC(C)(C)C)CCO1. The maximum Gasteiger partial charge on any atom is 0.410 e. The highest BCUT2D eigenvalue weighted by atomic mass is 16.6. The quantitative estimate of drug-likeness (QED) is 0.729. The Balaban J connectivity index is 2.50. The number of hydrogen-bond donors (Lipinski definition) is 1. The molecule has 0 aliphatic carbocycles. The predicted octanol–water partition coefficient (Wildman–Crippen LogP) is 0.969. The molecule has 1 rings (SSSR count). The van der Waals surface area contributed by atoms with E-state index in [0.717, 1.165) is 0 Å². The smallest absolute Gasteiger partial charge is 0.410 e. The van der Waals surface area contributed by atoms with Crippen molar-refractivity contribution in [2.24, 2.45) is 5.73 Å². The van der Waals surface area contributed by atoms with E-state index < -0.39 is 5.60 Å². The number of nitrogens with two attached hydrogens (primary N) is 1. The van der Waals surface area contributed by atoms with E-state index in [9.17, 15) is 4.79 Å². The van der Waals surface area contributed by atoms with Crippen LogP contribution in [-0.4, -0.2) is 48.4 Å². The minimum absolute atomic E-state index is 0.0785. The Morgan fingerprint density at radius 1 is 1.56 bits per heavy atom. The van der Waals surface area contributed by atoms with Crippen LogP contribution in [0.15, 0.2) is 0 Å². The zero-order valence-corrected chi connectivity index (χ0v) is 10.5. The Morgan fingerprint density at radius 3 is 2.69 bits per heavy atom. The third-order valence-electron chi connectivity index (χ3n) is 2.33. The molecule has 1 amide bonds. The number of carbonyl (C=O) groups is 1. The average Bonchev–Trinajstić information content (AvgIpc) is 2.15. The van der Waals surface area contributed by atoms with Crippen molar-refractivity contribution in [2.75, 3.05) is 19.7 Å². The number of rotatable bonds is 1. The van der Waals surface area contributed by atoms with Crippen LogP contribution in [0.3, 0.4) is 0 Å². The summed E-state index contributed by atoms with van der Waals surface area (Å²) >= 11 is 0. The van der Waals surface area contributed by atoms with E-state index >= 15 is 0 Å². The van der Waals surface area contributed by atoms with Gasteiger partial charge in [-0.25, -0.2) is 4.79 Å². The average molecular weight is 230 g/mol. The van der Waals surface area contributed by atoms with Crippen molar-refractivity contribution in [3.8, 4) is 0 Å². The van der Waals surface area contributed by atoms with Crippen LogP contribution in [0, 0.1) is 0 Å². The number of hydrogen-bond acceptors (Lipinski definition) is 4. The molecule has 1 fully saturated rings. The number of carbonyl (C=O) groups excluding carboxylic acids is 1. The molecule has 5 heteroatoms. The number of morpholine rings is 1. The lowest BCUT2D eigenvalue weighted by Gasteiger charge is -2.35. The van der Waals surface area contributed by atoms with E-state index in [1.165, 1.54) is 0 Å². The summed E-state index contributed by atoms with van der Waals surface area (Å²) in [6.45, 7) is 9.04. The van der Waals surface area contributed by atoms with Crippen LogP contribution in [0.2, 0.25) is 0 Å². The van der Waals surface area contributed by atoms with Gasteiger partial charge in [0.05, 0.1) is 19.3 Å². The van der Waals surface area contributed by atoms with E-state index in [4.69, 9.17) is 15.2 Å². The molecule has 0 aromatic carbocycles. The first-order valence-electron chi connectivity index (χ1n) is 5.65. The summed E-state index contributed by atoms with van der Waals surface area (Å²) in [5, 5.41) is 0. The molecule has 2 N–H and O–H groups in total. The highest BCUT2D eigenvalue weighted by Crippen LogP contribution is 2.13. The molecule has 5 nitrogen and oxygen atoms in total. The second-order valence-electron chi connectivity index (χ2n) is 5.19. The van der Waals surface area contributed by atoms with Gasteiger partial charge in [0.1, 0.15) is 5.60 Å². The van der Waals surface area contributed by atoms with Gasteiger partial charge in [0.15, 0.2) is 0 Å². The van der Waals surface area contributed by atoms with Gasteiger partial charge in [-0.2, -0.15) is 0 Å². The van der Waals surface area contributed by atoms with Gasteiger partial charge < -0.3 is 20.1 Å². The van der Waals surface area contributed by atoms with E-state index in [2.05, 4.69) is 0 Å². The summed E-state index contributed by atoms with van der Waals surface area (Å²) in [7, 11) is 0. The van der Waals surface area contributed by atoms with Crippen LogP contribution in [-0.2, 0) is 9.47 Å². The lowest BCUT2D eigenvalue weighted by molar-refractivity contribution is -0.0483. The first kappa shape index (κ1) is 13.3. The van der Waals surface area contributed by atoms with Gasteiger partial charge in [0.25, 0.3) is 0 Å². The monoisotopic (exact) mass is 230 g/mol. The molecule has 0 aromatic heterocycles. The zero-order valence-electron chi connectivity index (χ0n) is 10.5. The summed E-state index contributed by atoms with van der Waals surface area (Å²) in [4.78, 5) is 13.4. The molecule has 0 aromatic rings. The van der Waals surface area contributed by atoms with Gasteiger partial charge in [0.2, 0.25) is 0 Å². The van der Waals surface area contributed by atoms with Crippen LogP contribution in [0.1, 0.15) is 27.7 Å². The number of nitrogens with zero attached hydrogens (tertiary/aromatic N) is 1. The Labute approximate surface area is 96.9 Å². The predicted molar refractivity (Wildman–Crippen MR) is 61.2 cm³/mol. The molecular formula is C11H22N2O3. The fourth-order valence-electron chi connectivity index (χ4n) is 1.49. The van der Waals surface area contributed by atoms with Crippen LogP contribution in [0.4, 0.5) is 4.79 Å². The molecule has 94 valence electrons. The fourth-order valence-corrected chi connectivity index (χ4v) is 1.49. The van der Waals surface area contributed by atoms with Crippen molar-refractivity contribution >= 4 is 6.09 Å². The second kappa shape index (κ2) is 5.01. The van der Waals surface area contributed by atoms with E-state index in [-0.39, 0.29) is 18.2 Å². The van der Waals surface area contributed by atoms with Crippen molar-refractivity contribution in [3.05, 3.63) is 0 Å². The Kier molecular flexibility index (Phi) is 4.15. The summed E-state index contributed by atoms with van der Waals surface area (Å²) in [6.07, 6.45) is -0.386. The Bertz CT molecular complexity index is 248. The van der Waals surface area contributed by atoms with Crippen LogP contribution < -0.4 is 5.73 Å². The lowest BCUT2D eigenvalue weighted by Crippen LogP contribution is -2.52. The van der Waals surface area contributed by atoms with Crippen molar-refractivity contribution in [1.82, 2.24) is 4.90 Å². The Hall–Kier alpha value is -0.810. The van der Waals surface area contributed by atoms with E-state index in [1.807, 2.05) is 27.7 Å². The second-order valence-corrected chi connectivity index (χ2v) is 5.19. The third kappa shape index (κ3) is 3.98. The van der Waals surface area contributed by atoms with Gasteiger partial charge in [-0.05, 0) is 27.7 Å². The molecule has 1 aliphatic heterocycles. The maximum atomic E-state index is 11.8. The van der Waals surface area contributed by atoms with Gasteiger partial charge >= 0.3 is 6.09 Å². The van der Waals surface area contributed by atoms with Crippen molar-refractivity contribution in [3.63, 3.8) is 0 Å². The lowest BCUT2D eigenvalue weighted by atomic mass is 10.1. The highest BCUT2D eigenvalue weighted by molar-refractivity contribution is 5.68. The molecular weight excluding hydrogens is 208 g/mol. The normalized spacial score (nSPS) is 24.1. The third-order valence-corrected chi connectivity index (χ3v) is 2.33. The van der Waals surface area contributed by atoms with Gasteiger partial charge in [-0.1, -0.05) is 0 Å². The molecule has 1 unspecified atom stereocenters. The summed E-state index contributed by atoms with van der Waals surface area (Å²) in [5.41, 5.74) is 5.29. The minimum atomic E-state index is -0.459. The molecule has 0 radical (unpaired) electrons. The van der Waals surface area contributed by atoms with Crippen LogP contribution in [0.5, 0.6) is 0 Å². The largest absolute Gasteiger partial charge is 0.444 e. The van der Waals surface area contributed by atoms with Crippen LogP contribution >= 0.6 is 0 Å². The van der Waals surface area contributed by atoms with Crippen LogP contribution in [0.25, 0.3) is 0 Å². The number of amides is 1. The minimum Gasteiger partial charge on any atom is -0.444 e. The summed E-state index contributed by atoms with van der Waals surface area (Å²) < 4.78 is 10.8. The standard InChI is InChI=1S/C11H22N2O3/c1-8(12)9-7-13(5-6-15-9)10(14)16-11(2,3)4/h8-9H,5-7,12H2,1-4H3/t8-,9?/m1/s1. The van der Waals surface area contributed by atoms with Gasteiger partial charge in [-0.3, -0.25) is 0 Å².